The molecular formula is C5H8N2S. The van der Waals surface area contributed by atoms with Gasteiger partial charge in [0.2, 0.25) is 0 Å². The van der Waals surface area contributed by atoms with Crippen molar-refractivity contribution in [2.45, 2.75) is 12.2 Å². The van der Waals surface area contributed by atoms with E-state index in [-0.39, 0.29) is 5.25 Å². The summed E-state index contributed by atoms with van der Waals surface area (Å²) in [4.78, 5) is 6.93. The lowest BCUT2D eigenvalue weighted by Gasteiger charge is -1.94. The Morgan fingerprint density at radius 2 is 2.62 bits per heavy atom. The molecule has 1 unspecified atom stereocenters. The van der Waals surface area contributed by atoms with Crippen LogP contribution in [0.5, 0.6) is 0 Å². The first-order valence-corrected chi connectivity index (χ1v) is 2.99. The maximum absolute atomic E-state index is 4.16. The number of nitrogens with zero attached hydrogens (tertiary/aromatic N) is 1. The molecule has 3 heteroatoms. The fraction of sp³-hybridized carbons (Fsp3) is 0.400. The molecule has 0 aliphatic carbocycles. The van der Waals surface area contributed by atoms with Crippen molar-refractivity contribution in [2.24, 2.45) is 0 Å². The van der Waals surface area contributed by atoms with Gasteiger partial charge in [-0.2, -0.15) is 12.6 Å². The number of H-pyrrole nitrogens is 1. The van der Waals surface area contributed by atoms with E-state index in [1.165, 1.54) is 0 Å². The second-order valence-corrected chi connectivity index (χ2v) is 2.42. The van der Waals surface area contributed by atoms with Gasteiger partial charge in [-0.15, -0.1) is 0 Å². The van der Waals surface area contributed by atoms with Gasteiger partial charge >= 0.3 is 0 Å². The van der Waals surface area contributed by atoms with Crippen LogP contribution >= 0.6 is 12.6 Å². The average Bonchev–Trinajstić information content (AvgIpc) is 2.12. The van der Waals surface area contributed by atoms with Gasteiger partial charge in [-0.3, -0.25) is 0 Å². The van der Waals surface area contributed by atoms with Crippen molar-refractivity contribution >= 4 is 12.6 Å². The van der Waals surface area contributed by atoms with Crippen molar-refractivity contribution < 1.29 is 0 Å². The van der Waals surface area contributed by atoms with E-state index in [2.05, 4.69) is 22.6 Å². The second kappa shape index (κ2) is 2.22. The number of thiol groups is 1. The first-order valence-electron chi connectivity index (χ1n) is 2.48. The maximum Gasteiger partial charge on any atom is 0.118 e. The Hall–Kier alpha value is -0.440. The molecule has 0 saturated heterocycles. The minimum atomic E-state index is 0.213. The Morgan fingerprint density at radius 3 is 2.88 bits per heavy atom. The number of hydrogen-bond donors (Lipinski definition) is 2. The van der Waals surface area contributed by atoms with E-state index < -0.39 is 0 Å². The molecule has 0 saturated carbocycles. The lowest BCUT2D eigenvalue weighted by molar-refractivity contribution is 0.971. The van der Waals surface area contributed by atoms with Crippen LogP contribution in [0.1, 0.15) is 18.0 Å². The van der Waals surface area contributed by atoms with Crippen LogP contribution in [0.3, 0.4) is 0 Å². The SMILES string of the molecule is CC(S)c1ncc[nH]1. The van der Waals surface area contributed by atoms with Crippen LogP contribution in [0.15, 0.2) is 12.4 Å². The Bertz CT molecular complexity index is 145. The molecule has 0 aliphatic rings. The lowest BCUT2D eigenvalue weighted by Crippen LogP contribution is -1.84. The first-order chi connectivity index (χ1) is 3.80. The van der Waals surface area contributed by atoms with Crippen molar-refractivity contribution in [2.75, 3.05) is 0 Å². The minimum absolute atomic E-state index is 0.213. The number of imidazole rings is 1. The summed E-state index contributed by atoms with van der Waals surface area (Å²) in [7, 11) is 0. The molecule has 2 nitrogen and oxygen atoms in total. The summed E-state index contributed by atoms with van der Waals surface area (Å²) >= 11 is 4.16. The molecule has 0 bridgehead atoms. The fourth-order valence-electron chi connectivity index (χ4n) is 0.506. The predicted molar refractivity (Wildman–Crippen MR) is 36.0 cm³/mol. The van der Waals surface area contributed by atoms with E-state index in [0.29, 0.717) is 0 Å². The van der Waals surface area contributed by atoms with Crippen molar-refractivity contribution in [1.29, 1.82) is 0 Å². The zero-order valence-electron chi connectivity index (χ0n) is 4.63. The van der Waals surface area contributed by atoms with Crippen LogP contribution in [-0.2, 0) is 0 Å². The van der Waals surface area contributed by atoms with Crippen LogP contribution < -0.4 is 0 Å². The number of hydrogen-bond acceptors (Lipinski definition) is 2. The summed E-state index contributed by atoms with van der Waals surface area (Å²) in [6.07, 6.45) is 3.52. The summed E-state index contributed by atoms with van der Waals surface area (Å²) in [6, 6.07) is 0. The van der Waals surface area contributed by atoms with Gasteiger partial charge in [0, 0.05) is 12.4 Å². The normalized spacial score (nSPS) is 13.8. The highest BCUT2D eigenvalue weighted by atomic mass is 32.1. The molecule has 0 amide bonds. The molecular weight excluding hydrogens is 120 g/mol. The van der Waals surface area contributed by atoms with Gasteiger partial charge in [0.25, 0.3) is 0 Å². The molecule has 1 rings (SSSR count). The van der Waals surface area contributed by atoms with Crippen molar-refractivity contribution in [1.82, 2.24) is 9.97 Å². The van der Waals surface area contributed by atoms with Crippen molar-refractivity contribution in [3.8, 4) is 0 Å². The molecule has 8 heavy (non-hydrogen) atoms. The fourth-order valence-corrected chi connectivity index (χ4v) is 0.647. The third-order valence-corrected chi connectivity index (χ3v) is 1.16. The standard InChI is InChI=1S/C5H8N2S/c1-4(8)5-6-2-3-7-5/h2-4,8H,1H3,(H,6,7). The second-order valence-electron chi connectivity index (χ2n) is 1.65. The zero-order chi connectivity index (χ0) is 5.98. The molecule has 0 spiro atoms. The van der Waals surface area contributed by atoms with Crippen molar-refractivity contribution in [3.05, 3.63) is 18.2 Å². The Balaban J connectivity index is 2.77. The lowest BCUT2D eigenvalue weighted by atomic mass is 10.5. The third kappa shape index (κ3) is 1.04. The monoisotopic (exact) mass is 128 g/mol. The molecule has 1 aromatic rings. The Morgan fingerprint density at radius 1 is 1.88 bits per heavy atom. The van der Waals surface area contributed by atoms with Gasteiger partial charge in [-0.25, -0.2) is 4.98 Å². The molecule has 1 N–H and O–H groups in total. The zero-order valence-corrected chi connectivity index (χ0v) is 5.52. The predicted octanol–water partition coefficient (Wildman–Crippen LogP) is 1.40. The molecule has 1 atom stereocenters. The van der Waals surface area contributed by atoms with Crippen LogP contribution in [0, 0.1) is 0 Å². The van der Waals surface area contributed by atoms with Crippen LogP contribution in [0.2, 0.25) is 0 Å². The third-order valence-electron chi connectivity index (χ3n) is 0.915. The Kier molecular flexibility index (Phi) is 1.58. The van der Waals surface area contributed by atoms with Crippen molar-refractivity contribution in [3.63, 3.8) is 0 Å². The summed E-state index contributed by atoms with van der Waals surface area (Å²) < 4.78 is 0. The first kappa shape index (κ1) is 5.69. The van der Waals surface area contributed by atoms with Gasteiger partial charge < -0.3 is 4.98 Å². The molecule has 1 heterocycles. The van der Waals surface area contributed by atoms with E-state index in [1.54, 1.807) is 12.4 Å². The summed E-state index contributed by atoms with van der Waals surface area (Å²) in [5.74, 6) is 0.924. The van der Waals surface area contributed by atoms with E-state index in [4.69, 9.17) is 0 Å². The largest absolute Gasteiger partial charge is 0.348 e. The van der Waals surface area contributed by atoms with Crippen LogP contribution in [0.4, 0.5) is 0 Å². The molecule has 0 aromatic carbocycles. The summed E-state index contributed by atoms with van der Waals surface area (Å²) in [6.45, 7) is 1.97. The highest BCUT2D eigenvalue weighted by molar-refractivity contribution is 7.80. The minimum Gasteiger partial charge on any atom is -0.348 e. The van der Waals surface area contributed by atoms with Gasteiger partial charge in [0.1, 0.15) is 5.82 Å². The topological polar surface area (TPSA) is 28.7 Å². The average molecular weight is 128 g/mol. The molecule has 1 aromatic heterocycles. The van der Waals surface area contributed by atoms with E-state index in [0.717, 1.165) is 5.82 Å². The number of aromatic amines is 1. The van der Waals surface area contributed by atoms with Crippen LogP contribution in [0.25, 0.3) is 0 Å². The number of aromatic nitrogens is 2. The van der Waals surface area contributed by atoms with Crippen LogP contribution in [-0.4, -0.2) is 9.97 Å². The summed E-state index contributed by atoms with van der Waals surface area (Å²) in [5, 5.41) is 0.213. The van der Waals surface area contributed by atoms with Gasteiger partial charge in [0.15, 0.2) is 0 Å². The smallest absolute Gasteiger partial charge is 0.118 e. The molecule has 0 aliphatic heterocycles. The van der Waals surface area contributed by atoms with E-state index >= 15 is 0 Å². The molecule has 44 valence electrons. The van der Waals surface area contributed by atoms with E-state index in [9.17, 15) is 0 Å². The molecule has 0 radical (unpaired) electrons. The Labute approximate surface area is 53.7 Å². The van der Waals surface area contributed by atoms with Gasteiger partial charge in [-0.05, 0) is 6.92 Å². The number of nitrogens with one attached hydrogen (secondary N) is 1. The highest BCUT2D eigenvalue weighted by Crippen LogP contribution is 2.11. The van der Waals surface area contributed by atoms with Gasteiger partial charge in [-0.1, -0.05) is 0 Å². The summed E-state index contributed by atoms with van der Waals surface area (Å²) in [5.41, 5.74) is 0. The van der Waals surface area contributed by atoms with E-state index in [1.807, 2.05) is 6.92 Å². The highest BCUT2D eigenvalue weighted by Gasteiger charge is 1.97. The number of rotatable bonds is 1. The maximum atomic E-state index is 4.16. The quantitative estimate of drug-likeness (QED) is 0.550. The van der Waals surface area contributed by atoms with Gasteiger partial charge in [0.05, 0.1) is 5.25 Å². The molecule has 0 fully saturated rings.